The molecule has 0 saturated carbocycles. The van der Waals surface area contributed by atoms with E-state index in [9.17, 15) is 5.11 Å². The topological polar surface area (TPSA) is 39.6 Å². The second-order valence-electron chi connectivity index (χ2n) is 7.40. The maximum Gasteiger partial charge on any atom is 0.108 e. The lowest BCUT2D eigenvalue weighted by atomic mass is 9.79. The summed E-state index contributed by atoms with van der Waals surface area (Å²) in [6.45, 7) is 7.09. The number of hydrogen-bond donors (Lipinski definition) is 1. The Kier molecular flexibility index (Phi) is 4.91. The number of piperidine rings is 1. The molecule has 0 bridgehead atoms. The molecule has 2 aliphatic heterocycles. The van der Waals surface area contributed by atoms with Crippen LogP contribution in [0.1, 0.15) is 35.4 Å². The Morgan fingerprint density at radius 1 is 1.20 bits per heavy atom. The first-order valence-corrected chi connectivity index (χ1v) is 10.2. The van der Waals surface area contributed by atoms with Gasteiger partial charge in [0.05, 0.1) is 17.2 Å². The molecule has 25 heavy (non-hydrogen) atoms. The van der Waals surface area contributed by atoms with Crippen molar-refractivity contribution in [2.45, 2.75) is 44.4 Å². The minimum absolute atomic E-state index is 0.166. The van der Waals surface area contributed by atoms with Crippen molar-refractivity contribution >= 4 is 11.3 Å². The highest BCUT2D eigenvalue weighted by Gasteiger charge is 2.46. The maximum absolute atomic E-state index is 11.7. The number of aromatic nitrogens is 1. The number of benzene rings is 1. The third-order valence-corrected chi connectivity index (χ3v) is 6.78. The van der Waals surface area contributed by atoms with Gasteiger partial charge in [0, 0.05) is 24.5 Å². The van der Waals surface area contributed by atoms with Gasteiger partial charge in [-0.3, -0.25) is 9.80 Å². The Morgan fingerprint density at radius 3 is 2.64 bits per heavy atom. The average Bonchev–Trinajstić information content (AvgIpc) is 3.30. The standard InChI is InChI=1S/C20H27N3OS/c1-16-18(25-15-21-16)13-22-12-9-20(24,17-7-3-2-4-8-17)19(14-22)23-10-5-6-11-23/h2-4,7-8,15,19,24H,5-6,9-14H2,1H3/t19-,20+/m1/s1. The van der Waals surface area contributed by atoms with E-state index in [1.54, 1.807) is 11.3 Å². The highest BCUT2D eigenvalue weighted by molar-refractivity contribution is 7.09. The number of aliphatic hydroxyl groups is 1. The molecule has 134 valence electrons. The fourth-order valence-corrected chi connectivity index (χ4v) is 5.16. The zero-order valence-corrected chi connectivity index (χ0v) is 15.7. The molecule has 2 atom stereocenters. The van der Waals surface area contributed by atoms with Gasteiger partial charge >= 0.3 is 0 Å². The van der Waals surface area contributed by atoms with Crippen molar-refractivity contribution < 1.29 is 5.11 Å². The Bertz CT molecular complexity index is 698. The first kappa shape index (κ1) is 17.2. The molecule has 0 unspecified atom stereocenters. The molecule has 2 saturated heterocycles. The van der Waals surface area contributed by atoms with Crippen molar-refractivity contribution in [3.05, 3.63) is 52.0 Å². The molecule has 4 nitrogen and oxygen atoms in total. The van der Waals surface area contributed by atoms with Gasteiger partial charge in [-0.15, -0.1) is 11.3 Å². The van der Waals surface area contributed by atoms with Crippen LogP contribution in [0.5, 0.6) is 0 Å². The smallest absolute Gasteiger partial charge is 0.108 e. The molecule has 5 heteroatoms. The van der Waals surface area contributed by atoms with Gasteiger partial charge in [0.2, 0.25) is 0 Å². The van der Waals surface area contributed by atoms with E-state index in [2.05, 4.69) is 33.8 Å². The number of hydrogen-bond acceptors (Lipinski definition) is 5. The van der Waals surface area contributed by atoms with Crippen LogP contribution >= 0.6 is 11.3 Å². The molecule has 2 fully saturated rings. The summed E-state index contributed by atoms with van der Waals surface area (Å²) in [7, 11) is 0. The highest BCUT2D eigenvalue weighted by atomic mass is 32.1. The Morgan fingerprint density at radius 2 is 1.96 bits per heavy atom. The number of aryl methyl sites for hydroxylation is 1. The van der Waals surface area contributed by atoms with E-state index in [0.717, 1.165) is 50.4 Å². The summed E-state index contributed by atoms with van der Waals surface area (Å²) in [6.07, 6.45) is 3.28. The third-order valence-electron chi connectivity index (χ3n) is 5.86. The van der Waals surface area contributed by atoms with Gasteiger partial charge in [0.1, 0.15) is 5.60 Å². The molecule has 1 N–H and O–H groups in total. The van der Waals surface area contributed by atoms with Crippen molar-refractivity contribution in [2.75, 3.05) is 26.2 Å². The average molecular weight is 358 g/mol. The molecule has 2 aliphatic rings. The Labute approximate surface area is 154 Å². The molecule has 3 heterocycles. The predicted octanol–water partition coefficient (Wildman–Crippen LogP) is 3.01. The molecule has 0 spiro atoms. The molecule has 1 aromatic carbocycles. The third kappa shape index (κ3) is 3.38. The lowest BCUT2D eigenvalue weighted by Crippen LogP contribution is -2.60. The SMILES string of the molecule is Cc1ncsc1CN1CC[C@](O)(c2ccccc2)[C@H](N2CCCC2)C1. The molecular weight excluding hydrogens is 330 g/mol. The van der Waals surface area contributed by atoms with Gasteiger partial charge in [-0.05, 0) is 44.8 Å². The molecule has 0 aliphatic carbocycles. The maximum atomic E-state index is 11.7. The van der Waals surface area contributed by atoms with Gasteiger partial charge in [0.25, 0.3) is 0 Å². The van der Waals surface area contributed by atoms with Crippen LogP contribution in [0.2, 0.25) is 0 Å². The van der Waals surface area contributed by atoms with E-state index in [-0.39, 0.29) is 6.04 Å². The van der Waals surface area contributed by atoms with Crippen molar-refractivity contribution in [3.8, 4) is 0 Å². The van der Waals surface area contributed by atoms with Gasteiger partial charge in [-0.25, -0.2) is 4.98 Å². The number of thiazole rings is 1. The minimum atomic E-state index is -0.745. The molecular formula is C20H27N3OS. The molecule has 0 amide bonds. The van der Waals surface area contributed by atoms with Crippen molar-refractivity contribution in [1.29, 1.82) is 0 Å². The monoisotopic (exact) mass is 357 g/mol. The Balaban J connectivity index is 1.58. The molecule has 0 radical (unpaired) electrons. The van der Waals surface area contributed by atoms with E-state index in [0.29, 0.717) is 0 Å². The van der Waals surface area contributed by atoms with Crippen LogP contribution < -0.4 is 0 Å². The lowest BCUT2D eigenvalue weighted by molar-refractivity contribution is -0.0958. The first-order valence-electron chi connectivity index (χ1n) is 9.30. The van der Waals surface area contributed by atoms with Crippen LogP contribution in [0.3, 0.4) is 0 Å². The summed E-state index contributed by atoms with van der Waals surface area (Å²) in [6, 6.07) is 10.5. The second kappa shape index (κ2) is 7.16. The largest absolute Gasteiger partial charge is 0.383 e. The normalized spacial score (nSPS) is 28.5. The fraction of sp³-hybridized carbons (Fsp3) is 0.550. The summed E-state index contributed by atoms with van der Waals surface area (Å²) in [4.78, 5) is 10.8. The van der Waals surface area contributed by atoms with Crippen LogP contribution in [0.4, 0.5) is 0 Å². The Hall–Kier alpha value is -1.27. The summed E-state index contributed by atoms with van der Waals surface area (Å²) < 4.78 is 0. The van der Waals surface area contributed by atoms with Gasteiger partial charge in [-0.2, -0.15) is 0 Å². The lowest BCUT2D eigenvalue weighted by Gasteiger charge is -2.48. The molecule has 2 aromatic rings. The second-order valence-corrected chi connectivity index (χ2v) is 8.33. The van der Waals surface area contributed by atoms with Crippen molar-refractivity contribution in [1.82, 2.24) is 14.8 Å². The van der Waals surface area contributed by atoms with Gasteiger partial charge in [-0.1, -0.05) is 30.3 Å². The zero-order valence-electron chi connectivity index (χ0n) is 14.9. The molecule has 1 aromatic heterocycles. The predicted molar refractivity (Wildman–Crippen MR) is 102 cm³/mol. The van der Waals surface area contributed by atoms with Gasteiger partial charge in [0.15, 0.2) is 0 Å². The first-order chi connectivity index (χ1) is 12.2. The number of nitrogens with zero attached hydrogens (tertiary/aromatic N) is 3. The van der Waals surface area contributed by atoms with E-state index in [1.165, 1.54) is 17.7 Å². The van der Waals surface area contributed by atoms with Crippen LogP contribution in [0.25, 0.3) is 0 Å². The van der Waals surface area contributed by atoms with E-state index in [4.69, 9.17) is 0 Å². The number of likely N-dealkylation sites (tertiary alicyclic amines) is 2. The van der Waals surface area contributed by atoms with E-state index < -0.39 is 5.60 Å². The van der Waals surface area contributed by atoms with Crippen LogP contribution in [0.15, 0.2) is 35.8 Å². The summed E-state index contributed by atoms with van der Waals surface area (Å²) >= 11 is 1.74. The molecule has 4 rings (SSSR count). The summed E-state index contributed by atoms with van der Waals surface area (Å²) in [5.41, 5.74) is 3.41. The van der Waals surface area contributed by atoms with Crippen molar-refractivity contribution in [2.24, 2.45) is 0 Å². The number of rotatable bonds is 4. The zero-order chi connectivity index (χ0) is 17.3. The summed E-state index contributed by atoms with van der Waals surface area (Å²) in [5, 5.41) is 11.7. The van der Waals surface area contributed by atoms with E-state index >= 15 is 0 Å². The quantitative estimate of drug-likeness (QED) is 0.913. The van der Waals surface area contributed by atoms with E-state index in [1.807, 2.05) is 23.7 Å². The van der Waals surface area contributed by atoms with Crippen LogP contribution in [-0.2, 0) is 12.1 Å². The van der Waals surface area contributed by atoms with Gasteiger partial charge < -0.3 is 5.11 Å². The summed E-state index contributed by atoms with van der Waals surface area (Å²) in [5.74, 6) is 0. The highest BCUT2D eigenvalue weighted by Crippen LogP contribution is 2.37. The van der Waals surface area contributed by atoms with Crippen molar-refractivity contribution in [3.63, 3.8) is 0 Å². The minimum Gasteiger partial charge on any atom is -0.383 e. The fourth-order valence-electron chi connectivity index (χ4n) is 4.34. The van der Waals surface area contributed by atoms with Crippen LogP contribution in [0, 0.1) is 6.92 Å². The van der Waals surface area contributed by atoms with Crippen LogP contribution in [-0.4, -0.2) is 52.1 Å².